The number of likely N-dealkylation sites (tertiary alicyclic amines) is 1. The van der Waals surface area contributed by atoms with Crippen molar-refractivity contribution in [3.63, 3.8) is 0 Å². The van der Waals surface area contributed by atoms with Crippen molar-refractivity contribution in [2.45, 2.75) is 96.6 Å². The maximum atomic E-state index is 14.4. The van der Waals surface area contributed by atoms with E-state index in [2.05, 4.69) is 22.1 Å². The Bertz CT molecular complexity index is 1370. The molecule has 0 unspecified atom stereocenters. The number of rotatable bonds is 11. The van der Waals surface area contributed by atoms with Crippen LogP contribution in [0.25, 0.3) is 0 Å². The van der Waals surface area contributed by atoms with E-state index in [9.17, 15) is 24.3 Å². The van der Waals surface area contributed by atoms with Gasteiger partial charge in [0.2, 0.25) is 11.8 Å². The molecule has 0 aromatic heterocycles. The molecule has 2 heterocycles. The number of nitrogens with zero attached hydrogens (tertiary/aromatic N) is 2. The molecule has 0 bridgehead atoms. The first kappa shape index (κ1) is 35.2. The summed E-state index contributed by atoms with van der Waals surface area (Å²) >= 11 is 0. The van der Waals surface area contributed by atoms with Gasteiger partial charge in [-0.25, -0.2) is 4.79 Å². The predicted octanol–water partition coefficient (Wildman–Crippen LogP) is 2.52. The van der Waals surface area contributed by atoms with Crippen LogP contribution in [-0.4, -0.2) is 102 Å². The number of benzene rings is 1. The lowest BCUT2D eigenvalue weighted by molar-refractivity contribution is -0.154. The van der Waals surface area contributed by atoms with E-state index in [1.165, 1.54) is 0 Å². The summed E-state index contributed by atoms with van der Waals surface area (Å²) in [6, 6.07) is 2.08. The van der Waals surface area contributed by atoms with Crippen molar-refractivity contribution in [1.29, 1.82) is 0 Å². The molecule has 1 aromatic rings. The maximum Gasteiger partial charge on any atom is 0.330 e. The first-order valence-electron chi connectivity index (χ1n) is 15.9. The van der Waals surface area contributed by atoms with Crippen LogP contribution >= 0.6 is 0 Å². The molecule has 5 atom stereocenters. The van der Waals surface area contributed by atoms with Crippen LogP contribution in [0.5, 0.6) is 11.5 Å². The minimum atomic E-state index is -1.43. The first-order valence-corrected chi connectivity index (χ1v) is 15.9. The second kappa shape index (κ2) is 13.2. The van der Waals surface area contributed by atoms with Crippen LogP contribution in [0.2, 0.25) is 0 Å². The second-order valence-electron chi connectivity index (χ2n) is 14.7. The normalized spacial score (nSPS) is 25.2. The van der Waals surface area contributed by atoms with Gasteiger partial charge in [0.05, 0.1) is 26.8 Å². The first-order chi connectivity index (χ1) is 21.4. The van der Waals surface area contributed by atoms with Crippen LogP contribution in [0.15, 0.2) is 24.8 Å². The van der Waals surface area contributed by atoms with Gasteiger partial charge in [-0.05, 0) is 68.7 Å². The third-order valence-electron chi connectivity index (χ3n) is 9.14. The molecule has 1 saturated carbocycles. The van der Waals surface area contributed by atoms with Gasteiger partial charge in [-0.2, -0.15) is 0 Å². The average molecular weight is 643 g/mol. The van der Waals surface area contributed by atoms with Crippen LogP contribution in [0.4, 0.5) is 0 Å². The van der Waals surface area contributed by atoms with E-state index < -0.39 is 52.4 Å². The van der Waals surface area contributed by atoms with Crippen molar-refractivity contribution in [3.8, 4) is 11.5 Å². The summed E-state index contributed by atoms with van der Waals surface area (Å²) in [5, 5.41) is 15.8. The van der Waals surface area contributed by atoms with Crippen LogP contribution in [0.3, 0.4) is 0 Å². The van der Waals surface area contributed by atoms with Crippen molar-refractivity contribution in [2.24, 2.45) is 11.3 Å². The lowest BCUT2D eigenvalue weighted by Gasteiger charge is -2.36. The molecule has 3 N–H and O–H groups in total. The van der Waals surface area contributed by atoms with Crippen LogP contribution in [0.1, 0.15) is 65.5 Å². The minimum absolute atomic E-state index is 0.164. The summed E-state index contributed by atoms with van der Waals surface area (Å²) in [5.74, 6) is -1.54. The van der Waals surface area contributed by atoms with Crippen molar-refractivity contribution >= 4 is 23.8 Å². The zero-order valence-electron chi connectivity index (χ0n) is 28.4. The van der Waals surface area contributed by atoms with Gasteiger partial charge in [0, 0.05) is 31.6 Å². The Morgan fingerprint density at radius 1 is 1.09 bits per heavy atom. The van der Waals surface area contributed by atoms with Gasteiger partial charge in [0.1, 0.15) is 17.2 Å². The third kappa shape index (κ3) is 7.49. The predicted molar refractivity (Wildman–Crippen MR) is 171 cm³/mol. The Morgan fingerprint density at radius 3 is 2.24 bits per heavy atom. The quantitative estimate of drug-likeness (QED) is 0.243. The number of carbonyl (C=O) groups excluding carboxylic acids is 3. The SMILES string of the molecule is C=C[C@@H]1C[C@]1(NC(=O)[C@@H]1C[C@@H](N2CCc3cc(OC)c(OC)cc3C2)CN1C(=O)[C@@H](NCC(=O)OC(C)(C)C)C(C)(C)C)C(=O)O. The fraction of sp³-hybridized carbons (Fsp3) is 0.647. The van der Waals surface area contributed by atoms with Gasteiger partial charge >= 0.3 is 11.9 Å². The number of carboxylic acids is 1. The van der Waals surface area contributed by atoms with E-state index in [-0.39, 0.29) is 31.5 Å². The molecule has 0 radical (unpaired) electrons. The van der Waals surface area contributed by atoms with Gasteiger partial charge in [0.15, 0.2) is 11.5 Å². The number of carbonyl (C=O) groups is 4. The molecule has 1 aliphatic carbocycles. The fourth-order valence-electron chi connectivity index (χ4n) is 6.60. The molecule has 3 aliphatic rings. The number of aliphatic carboxylic acids is 1. The lowest BCUT2D eigenvalue weighted by Crippen LogP contribution is -2.59. The molecule has 1 aromatic carbocycles. The minimum Gasteiger partial charge on any atom is -0.493 e. The molecular weight excluding hydrogens is 592 g/mol. The number of ether oxygens (including phenoxy) is 3. The standard InChI is InChI=1S/C34H50N4O8/c1-10-22-16-34(22,31(42)43)36-29(40)24-15-23(37-12-11-20-13-25(44-8)26(45-9)14-21(20)18-37)19-38(24)30(41)28(32(2,3)4)35-17-27(39)46-33(5,6)7/h10,13-14,22-24,28,35H,1,11-12,15-19H2,2-9H3,(H,36,40)(H,42,43)/t22-,23-,24+,28-,34-/m1/s1. The van der Waals surface area contributed by atoms with Crippen molar-refractivity contribution < 1.29 is 38.5 Å². The molecule has 46 heavy (non-hydrogen) atoms. The molecule has 2 amide bonds. The maximum absolute atomic E-state index is 14.4. The van der Waals surface area contributed by atoms with E-state index >= 15 is 0 Å². The zero-order chi connectivity index (χ0) is 34.2. The van der Waals surface area contributed by atoms with Gasteiger partial charge < -0.3 is 29.5 Å². The third-order valence-corrected chi connectivity index (χ3v) is 9.14. The second-order valence-corrected chi connectivity index (χ2v) is 14.7. The van der Waals surface area contributed by atoms with Gasteiger partial charge in [0.25, 0.3) is 0 Å². The smallest absolute Gasteiger partial charge is 0.330 e. The number of hydrogen-bond acceptors (Lipinski definition) is 9. The van der Waals surface area contributed by atoms with Crippen LogP contribution in [-0.2, 0) is 36.9 Å². The fourth-order valence-corrected chi connectivity index (χ4v) is 6.60. The van der Waals surface area contributed by atoms with Crippen molar-refractivity contribution in [3.05, 3.63) is 35.9 Å². The van der Waals surface area contributed by atoms with Gasteiger partial charge in [-0.3, -0.25) is 24.6 Å². The average Bonchev–Trinajstić information content (AvgIpc) is 3.50. The van der Waals surface area contributed by atoms with E-state index in [4.69, 9.17) is 14.2 Å². The molecule has 12 nitrogen and oxygen atoms in total. The molecule has 254 valence electrons. The summed E-state index contributed by atoms with van der Waals surface area (Å²) in [6.07, 6.45) is 2.87. The molecular formula is C34H50N4O8. The Labute approximate surface area is 271 Å². The topological polar surface area (TPSA) is 147 Å². The van der Waals surface area contributed by atoms with E-state index in [1.54, 1.807) is 46.0 Å². The number of hydrogen-bond donors (Lipinski definition) is 3. The Hall–Kier alpha value is -3.64. The lowest BCUT2D eigenvalue weighted by atomic mass is 9.85. The summed E-state index contributed by atoms with van der Waals surface area (Å²) in [6.45, 7) is 16.1. The summed E-state index contributed by atoms with van der Waals surface area (Å²) in [4.78, 5) is 56.9. The number of fused-ring (bicyclic) bond motifs is 1. The number of nitrogens with one attached hydrogen (secondary N) is 2. The summed E-state index contributed by atoms with van der Waals surface area (Å²) < 4.78 is 16.5. The van der Waals surface area contributed by atoms with Crippen molar-refractivity contribution in [2.75, 3.05) is 33.9 Å². The molecule has 2 aliphatic heterocycles. The number of methoxy groups -OCH3 is 2. The number of esters is 1. The van der Waals surface area contributed by atoms with E-state index in [0.29, 0.717) is 31.0 Å². The molecule has 0 spiro atoms. The van der Waals surface area contributed by atoms with Gasteiger partial charge in [-0.1, -0.05) is 26.8 Å². The van der Waals surface area contributed by atoms with Crippen molar-refractivity contribution in [1.82, 2.24) is 20.4 Å². The monoisotopic (exact) mass is 642 g/mol. The molecule has 2 fully saturated rings. The Morgan fingerprint density at radius 2 is 1.72 bits per heavy atom. The van der Waals surface area contributed by atoms with Crippen LogP contribution < -0.4 is 20.1 Å². The molecule has 4 rings (SSSR count). The number of carboxylic acid groups (broad SMARTS) is 1. The summed E-state index contributed by atoms with van der Waals surface area (Å²) in [5.41, 5.74) is -0.493. The zero-order valence-corrected chi connectivity index (χ0v) is 28.4. The van der Waals surface area contributed by atoms with E-state index in [1.807, 2.05) is 32.9 Å². The van der Waals surface area contributed by atoms with Gasteiger partial charge in [-0.15, -0.1) is 6.58 Å². The largest absolute Gasteiger partial charge is 0.493 e. The Kier molecular flexibility index (Phi) is 10.1. The highest BCUT2D eigenvalue weighted by atomic mass is 16.6. The highest BCUT2D eigenvalue weighted by Gasteiger charge is 2.61. The molecule has 12 heteroatoms. The number of amides is 2. The highest BCUT2D eigenvalue weighted by Crippen LogP contribution is 2.45. The summed E-state index contributed by atoms with van der Waals surface area (Å²) in [7, 11) is 3.20. The molecule has 1 saturated heterocycles. The van der Waals surface area contributed by atoms with Crippen LogP contribution in [0, 0.1) is 11.3 Å². The van der Waals surface area contributed by atoms with E-state index in [0.717, 1.165) is 17.5 Å². The Balaban J connectivity index is 1.60. The highest BCUT2D eigenvalue weighted by molar-refractivity contribution is 5.95.